The van der Waals surface area contributed by atoms with E-state index in [2.05, 4.69) is 9.97 Å². The Morgan fingerprint density at radius 1 is 1.00 bits per heavy atom. The van der Waals surface area contributed by atoms with E-state index < -0.39 is 0 Å². The van der Waals surface area contributed by atoms with Gasteiger partial charge in [-0.2, -0.15) is 0 Å². The van der Waals surface area contributed by atoms with E-state index in [1.807, 2.05) is 39.0 Å². The second-order valence-corrected chi connectivity index (χ2v) is 4.42. The number of nitrogens with zero attached hydrogens (tertiary/aromatic N) is 2. The second-order valence-electron chi connectivity index (χ2n) is 4.42. The molecule has 78 valence electrons. The number of fused-ring (bicyclic) bond motifs is 1. The molecule has 0 fully saturated rings. The molecule has 0 amide bonds. The molecule has 0 saturated carbocycles. The molecule has 0 unspecified atom stereocenters. The maximum atomic E-state index is 5.74. The fourth-order valence-electron chi connectivity index (χ4n) is 1.36. The van der Waals surface area contributed by atoms with Crippen molar-refractivity contribution in [3.05, 3.63) is 30.6 Å². The maximum absolute atomic E-state index is 5.74. The molecule has 3 nitrogen and oxygen atoms in total. The lowest BCUT2D eigenvalue weighted by atomic mass is 10.2. The Morgan fingerprint density at radius 2 is 1.67 bits per heavy atom. The van der Waals surface area contributed by atoms with E-state index in [0.717, 1.165) is 16.8 Å². The lowest BCUT2D eigenvalue weighted by Crippen LogP contribution is -2.22. The van der Waals surface area contributed by atoms with E-state index in [4.69, 9.17) is 4.74 Å². The molecule has 0 atom stereocenters. The summed E-state index contributed by atoms with van der Waals surface area (Å²) < 4.78 is 5.74. The summed E-state index contributed by atoms with van der Waals surface area (Å²) in [6, 6.07) is 5.75. The summed E-state index contributed by atoms with van der Waals surface area (Å²) in [6.07, 6.45) is 3.37. The van der Waals surface area contributed by atoms with Gasteiger partial charge in [0.25, 0.3) is 0 Å². The van der Waals surface area contributed by atoms with Crippen LogP contribution in [0.3, 0.4) is 0 Å². The summed E-state index contributed by atoms with van der Waals surface area (Å²) in [4.78, 5) is 8.43. The first kappa shape index (κ1) is 9.90. The zero-order chi connectivity index (χ0) is 10.9. The smallest absolute Gasteiger partial charge is 0.122 e. The topological polar surface area (TPSA) is 35.0 Å². The van der Waals surface area contributed by atoms with Crippen molar-refractivity contribution < 1.29 is 4.74 Å². The minimum absolute atomic E-state index is 0.185. The van der Waals surface area contributed by atoms with E-state index in [0.29, 0.717) is 0 Å². The lowest BCUT2D eigenvalue weighted by Gasteiger charge is -2.21. The summed E-state index contributed by atoms with van der Waals surface area (Å²) in [5, 5.41) is 0. The molecule has 1 aromatic carbocycles. The van der Waals surface area contributed by atoms with Gasteiger partial charge in [-0.15, -0.1) is 0 Å². The second kappa shape index (κ2) is 3.50. The molecule has 0 aliphatic heterocycles. The van der Waals surface area contributed by atoms with Crippen LogP contribution in [0.15, 0.2) is 30.6 Å². The van der Waals surface area contributed by atoms with Gasteiger partial charge in [-0.1, -0.05) is 0 Å². The van der Waals surface area contributed by atoms with Crippen LogP contribution in [0.2, 0.25) is 0 Å². The van der Waals surface area contributed by atoms with Crippen LogP contribution in [-0.2, 0) is 0 Å². The minimum atomic E-state index is -0.185. The van der Waals surface area contributed by atoms with Crippen molar-refractivity contribution in [3.63, 3.8) is 0 Å². The van der Waals surface area contributed by atoms with Gasteiger partial charge < -0.3 is 4.74 Å². The summed E-state index contributed by atoms with van der Waals surface area (Å²) >= 11 is 0. The Labute approximate surface area is 89.1 Å². The molecule has 0 spiro atoms. The summed E-state index contributed by atoms with van der Waals surface area (Å²) in [7, 11) is 0. The van der Waals surface area contributed by atoms with Crippen LogP contribution in [0.4, 0.5) is 0 Å². The molecule has 0 N–H and O–H groups in total. The third-order valence-corrected chi connectivity index (χ3v) is 1.86. The van der Waals surface area contributed by atoms with Gasteiger partial charge in [0.05, 0.1) is 11.0 Å². The maximum Gasteiger partial charge on any atom is 0.122 e. The average molecular weight is 202 g/mol. The van der Waals surface area contributed by atoms with Crippen molar-refractivity contribution >= 4 is 11.0 Å². The number of benzene rings is 1. The van der Waals surface area contributed by atoms with Crippen molar-refractivity contribution in [1.82, 2.24) is 9.97 Å². The van der Waals surface area contributed by atoms with Gasteiger partial charge in [-0.25, -0.2) is 0 Å². The molecule has 2 rings (SSSR count). The lowest BCUT2D eigenvalue weighted by molar-refractivity contribution is 0.131. The van der Waals surface area contributed by atoms with Crippen molar-refractivity contribution in [2.45, 2.75) is 26.4 Å². The van der Waals surface area contributed by atoms with Crippen LogP contribution >= 0.6 is 0 Å². The first-order valence-electron chi connectivity index (χ1n) is 4.94. The van der Waals surface area contributed by atoms with Gasteiger partial charge in [0, 0.05) is 18.5 Å². The highest BCUT2D eigenvalue weighted by atomic mass is 16.5. The Bertz CT molecular complexity index is 474. The van der Waals surface area contributed by atoms with Gasteiger partial charge in [-0.3, -0.25) is 9.97 Å². The summed E-state index contributed by atoms with van der Waals surface area (Å²) in [5.41, 5.74) is 1.56. The molecule has 1 heterocycles. The number of hydrogen-bond donors (Lipinski definition) is 0. The molecule has 1 aromatic heterocycles. The van der Waals surface area contributed by atoms with E-state index >= 15 is 0 Å². The monoisotopic (exact) mass is 202 g/mol. The predicted molar refractivity (Wildman–Crippen MR) is 59.9 cm³/mol. The van der Waals surface area contributed by atoms with Gasteiger partial charge in [0.2, 0.25) is 0 Å². The third-order valence-electron chi connectivity index (χ3n) is 1.86. The highest BCUT2D eigenvalue weighted by Crippen LogP contribution is 2.21. The van der Waals surface area contributed by atoms with E-state index in [1.54, 1.807) is 12.4 Å². The van der Waals surface area contributed by atoms with Crippen LogP contribution in [0.1, 0.15) is 20.8 Å². The van der Waals surface area contributed by atoms with Crippen LogP contribution < -0.4 is 4.74 Å². The molecular weight excluding hydrogens is 188 g/mol. The zero-order valence-electron chi connectivity index (χ0n) is 9.19. The Morgan fingerprint density at radius 3 is 2.33 bits per heavy atom. The largest absolute Gasteiger partial charge is 0.488 e. The molecule has 0 bridgehead atoms. The molecule has 0 saturated heterocycles. The molecule has 15 heavy (non-hydrogen) atoms. The molecule has 3 heteroatoms. The number of aromatic nitrogens is 2. The summed E-state index contributed by atoms with van der Waals surface area (Å²) in [6.45, 7) is 6.07. The Kier molecular flexibility index (Phi) is 2.31. The van der Waals surface area contributed by atoms with Gasteiger partial charge in [0.1, 0.15) is 11.4 Å². The normalized spacial score (nSPS) is 11.7. The summed E-state index contributed by atoms with van der Waals surface area (Å²) in [5.74, 6) is 0.829. The highest BCUT2D eigenvalue weighted by Gasteiger charge is 2.11. The fraction of sp³-hybridized carbons (Fsp3) is 0.333. The van der Waals surface area contributed by atoms with Gasteiger partial charge >= 0.3 is 0 Å². The van der Waals surface area contributed by atoms with Gasteiger partial charge in [0.15, 0.2) is 0 Å². The highest BCUT2D eigenvalue weighted by molar-refractivity contribution is 5.75. The van der Waals surface area contributed by atoms with Crippen LogP contribution in [0, 0.1) is 0 Å². The number of ether oxygens (including phenoxy) is 1. The van der Waals surface area contributed by atoms with E-state index in [1.165, 1.54) is 0 Å². The van der Waals surface area contributed by atoms with Crippen molar-refractivity contribution in [2.75, 3.05) is 0 Å². The van der Waals surface area contributed by atoms with Crippen LogP contribution in [0.5, 0.6) is 5.75 Å². The van der Waals surface area contributed by atoms with Crippen LogP contribution in [-0.4, -0.2) is 15.6 Å². The van der Waals surface area contributed by atoms with Gasteiger partial charge in [-0.05, 0) is 32.9 Å². The zero-order valence-corrected chi connectivity index (χ0v) is 9.19. The molecule has 2 aromatic rings. The van der Waals surface area contributed by atoms with Crippen molar-refractivity contribution in [3.8, 4) is 5.75 Å². The Balaban J connectivity index is 2.39. The van der Waals surface area contributed by atoms with E-state index in [9.17, 15) is 0 Å². The quantitative estimate of drug-likeness (QED) is 0.713. The average Bonchev–Trinajstić information content (AvgIpc) is 2.15. The predicted octanol–water partition coefficient (Wildman–Crippen LogP) is 2.81. The van der Waals surface area contributed by atoms with Crippen molar-refractivity contribution in [1.29, 1.82) is 0 Å². The number of hydrogen-bond acceptors (Lipinski definition) is 3. The molecular formula is C12H14N2O. The molecule has 0 aliphatic rings. The Hall–Kier alpha value is -1.64. The standard InChI is InChI=1S/C12H14N2O/c1-12(2,3)15-9-4-5-10-11(8-9)14-7-6-13-10/h4-8H,1-3H3. The molecule has 0 radical (unpaired) electrons. The van der Waals surface area contributed by atoms with Crippen LogP contribution in [0.25, 0.3) is 11.0 Å². The SMILES string of the molecule is CC(C)(C)Oc1ccc2nccnc2c1. The van der Waals surface area contributed by atoms with Crippen molar-refractivity contribution in [2.24, 2.45) is 0 Å². The first-order valence-corrected chi connectivity index (χ1v) is 4.94. The number of rotatable bonds is 1. The third kappa shape index (κ3) is 2.43. The minimum Gasteiger partial charge on any atom is -0.488 e. The fourth-order valence-corrected chi connectivity index (χ4v) is 1.36. The molecule has 0 aliphatic carbocycles. The first-order chi connectivity index (χ1) is 7.04. The van der Waals surface area contributed by atoms with E-state index in [-0.39, 0.29) is 5.60 Å².